The average molecular weight is 299 g/mol. The van der Waals surface area contributed by atoms with Gasteiger partial charge in [0.05, 0.1) is 12.2 Å². The minimum Gasteiger partial charge on any atom is -0.478 e. The molecule has 0 spiro atoms. The molecular formula is C13H17NO7. The Hall–Kier alpha value is -1.71. The van der Waals surface area contributed by atoms with Gasteiger partial charge in [0.1, 0.15) is 24.4 Å². The Labute approximate surface area is 120 Å². The molecule has 116 valence electrons. The molecule has 0 unspecified atom stereocenters. The van der Waals surface area contributed by atoms with Gasteiger partial charge in [0.15, 0.2) is 6.23 Å². The highest BCUT2D eigenvalue weighted by atomic mass is 16.6. The molecule has 8 heteroatoms. The number of ether oxygens (including phenoxy) is 1. The Balaban J connectivity index is 2.08. The van der Waals surface area contributed by atoms with Gasteiger partial charge in [-0.25, -0.2) is 4.79 Å². The molecule has 0 amide bonds. The number of aliphatic hydroxyl groups is 4. The van der Waals surface area contributed by atoms with Gasteiger partial charge in [0.2, 0.25) is 0 Å². The van der Waals surface area contributed by atoms with Gasteiger partial charge in [0.25, 0.3) is 0 Å². The van der Waals surface area contributed by atoms with E-state index >= 15 is 0 Å². The quantitative estimate of drug-likeness (QED) is 0.399. The summed E-state index contributed by atoms with van der Waals surface area (Å²) in [6.45, 7) is -0.513. The van der Waals surface area contributed by atoms with Crippen LogP contribution in [-0.2, 0) is 4.74 Å². The van der Waals surface area contributed by atoms with Crippen LogP contribution in [0.3, 0.4) is 0 Å². The summed E-state index contributed by atoms with van der Waals surface area (Å²) in [5.41, 5.74) is 0.568. The van der Waals surface area contributed by atoms with Gasteiger partial charge in [-0.3, -0.25) is 0 Å². The Morgan fingerprint density at radius 2 is 1.71 bits per heavy atom. The summed E-state index contributed by atoms with van der Waals surface area (Å²) in [6, 6.07) is 5.69. The molecule has 0 radical (unpaired) electrons. The van der Waals surface area contributed by atoms with Crippen molar-refractivity contribution in [2.45, 2.75) is 30.6 Å². The summed E-state index contributed by atoms with van der Waals surface area (Å²) in [5.74, 6) is -1.06. The smallest absolute Gasteiger partial charge is 0.335 e. The Bertz CT molecular complexity index is 490. The number of anilines is 1. The first-order chi connectivity index (χ1) is 9.93. The molecule has 0 aliphatic carbocycles. The Morgan fingerprint density at radius 1 is 1.10 bits per heavy atom. The molecule has 1 aromatic rings. The molecule has 0 aromatic heterocycles. The summed E-state index contributed by atoms with van der Waals surface area (Å²) in [5, 5.41) is 49.8. The first kappa shape index (κ1) is 15.7. The zero-order chi connectivity index (χ0) is 15.6. The zero-order valence-corrected chi connectivity index (χ0v) is 11.0. The maximum atomic E-state index is 10.7. The monoisotopic (exact) mass is 299 g/mol. The number of rotatable bonds is 4. The lowest BCUT2D eigenvalue weighted by Crippen LogP contribution is -2.60. The fourth-order valence-corrected chi connectivity index (χ4v) is 2.09. The van der Waals surface area contributed by atoms with Crippen LogP contribution in [0.1, 0.15) is 10.4 Å². The number of carbonyl (C=O) groups is 1. The number of benzene rings is 1. The molecule has 5 atom stereocenters. The molecule has 1 saturated heterocycles. The van der Waals surface area contributed by atoms with Crippen molar-refractivity contribution in [3.63, 3.8) is 0 Å². The van der Waals surface area contributed by atoms with Crippen molar-refractivity contribution < 1.29 is 35.1 Å². The number of aliphatic hydroxyl groups excluding tert-OH is 4. The van der Waals surface area contributed by atoms with Crippen molar-refractivity contribution in [2.24, 2.45) is 0 Å². The minimum atomic E-state index is -1.47. The van der Waals surface area contributed by atoms with Crippen LogP contribution in [0.2, 0.25) is 0 Å². The van der Waals surface area contributed by atoms with Crippen LogP contribution in [0.4, 0.5) is 5.69 Å². The summed E-state index contributed by atoms with van der Waals surface area (Å²) >= 11 is 0. The van der Waals surface area contributed by atoms with E-state index in [-0.39, 0.29) is 5.56 Å². The fourth-order valence-electron chi connectivity index (χ4n) is 2.09. The molecule has 6 N–H and O–H groups in total. The Kier molecular flexibility index (Phi) is 4.76. The van der Waals surface area contributed by atoms with E-state index in [2.05, 4.69) is 5.32 Å². The van der Waals surface area contributed by atoms with Crippen LogP contribution >= 0.6 is 0 Å². The van der Waals surface area contributed by atoms with Crippen LogP contribution in [0.5, 0.6) is 0 Å². The number of hydrogen-bond acceptors (Lipinski definition) is 7. The highest BCUT2D eigenvalue weighted by Gasteiger charge is 2.43. The van der Waals surface area contributed by atoms with Gasteiger partial charge in [0, 0.05) is 5.69 Å². The molecular weight excluding hydrogens is 282 g/mol. The Morgan fingerprint density at radius 3 is 2.24 bits per heavy atom. The van der Waals surface area contributed by atoms with E-state index in [0.717, 1.165) is 0 Å². The molecule has 8 nitrogen and oxygen atoms in total. The summed E-state index contributed by atoms with van der Waals surface area (Å²) in [7, 11) is 0. The molecule has 1 aliphatic rings. The van der Waals surface area contributed by atoms with Crippen LogP contribution in [-0.4, -0.2) is 68.8 Å². The van der Waals surface area contributed by atoms with Crippen LogP contribution in [0.15, 0.2) is 24.3 Å². The normalized spacial score (nSPS) is 32.7. The van der Waals surface area contributed by atoms with Crippen LogP contribution in [0.25, 0.3) is 0 Å². The second kappa shape index (κ2) is 6.37. The maximum Gasteiger partial charge on any atom is 0.335 e. The van der Waals surface area contributed by atoms with Crippen LogP contribution < -0.4 is 5.32 Å². The largest absolute Gasteiger partial charge is 0.478 e. The lowest BCUT2D eigenvalue weighted by molar-refractivity contribution is -0.221. The van der Waals surface area contributed by atoms with Crippen molar-refractivity contribution in [1.82, 2.24) is 0 Å². The average Bonchev–Trinajstić information content (AvgIpc) is 2.48. The summed E-state index contributed by atoms with van der Waals surface area (Å²) in [4.78, 5) is 10.7. The van der Waals surface area contributed by atoms with Gasteiger partial charge in [-0.1, -0.05) is 0 Å². The number of nitrogens with one attached hydrogen (secondary N) is 1. The zero-order valence-electron chi connectivity index (χ0n) is 11.0. The predicted molar refractivity (Wildman–Crippen MR) is 70.8 cm³/mol. The number of carboxylic acids is 1. The first-order valence-corrected chi connectivity index (χ1v) is 6.34. The fraction of sp³-hybridized carbons (Fsp3) is 0.462. The van der Waals surface area contributed by atoms with Gasteiger partial charge < -0.3 is 35.6 Å². The number of aromatic carboxylic acids is 1. The first-order valence-electron chi connectivity index (χ1n) is 6.34. The molecule has 1 fully saturated rings. The highest BCUT2D eigenvalue weighted by molar-refractivity contribution is 5.87. The molecule has 1 heterocycles. The third-order valence-corrected chi connectivity index (χ3v) is 3.33. The molecule has 0 saturated carbocycles. The third kappa shape index (κ3) is 3.31. The molecule has 1 aliphatic heterocycles. The van der Waals surface area contributed by atoms with E-state index in [0.29, 0.717) is 5.69 Å². The second-order valence-electron chi connectivity index (χ2n) is 4.78. The number of carboxylic acid groups (broad SMARTS) is 1. The van der Waals surface area contributed by atoms with Crippen molar-refractivity contribution in [3.8, 4) is 0 Å². The van der Waals surface area contributed by atoms with Crippen molar-refractivity contribution in [2.75, 3.05) is 11.9 Å². The standard InChI is InChI=1S/C13H17NO7/c15-5-8-9(16)10(17)11(18)12(21-8)14-7-3-1-6(2-4-7)13(19)20/h1-4,8-12,14-18H,5H2,(H,19,20)/t8-,9+,10-,11-,12+/m1/s1. The van der Waals surface area contributed by atoms with E-state index in [1.807, 2.05) is 0 Å². The van der Waals surface area contributed by atoms with E-state index in [1.54, 1.807) is 0 Å². The maximum absolute atomic E-state index is 10.7. The van der Waals surface area contributed by atoms with E-state index in [9.17, 15) is 20.1 Å². The van der Waals surface area contributed by atoms with E-state index in [1.165, 1.54) is 24.3 Å². The van der Waals surface area contributed by atoms with Crippen molar-refractivity contribution in [3.05, 3.63) is 29.8 Å². The van der Waals surface area contributed by atoms with Crippen molar-refractivity contribution in [1.29, 1.82) is 0 Å². The van der Waals surface area contributed by atoms with Gasteiger partial charge in [-0.2, -0.15) is 0 Å². The number of hydrogen-bond donors (Lipinski definition) is 6. The molecule has 0 bridgehead atoms. The highest BCUT2D eigenvalue weighted by Crippen LogP contribution is 2.23. The predicted octanol–water partition coefficient (Wildman–Crippen LogP) is -1.40. The van der Waals surface area contributed by atoms with Crippen LogP contribution in [0, 0.1) is 0 Å². The van der Waals surface area contributed by atoms with Gasteiger partial charge >= 0.3 is 5.97 Å². The second-order valence-corrected chi connectivity index (χ2v) is 4.78. The lowest BCUT2D eigenvalue weighted by atomic mass is 9.98. The van der Waals surface area contributed by atoms with Gasteiger partial charge in [-0.15, -0.1) is 0 Å². The molecule has 21 heavy (non-hydrogen) atoms. The SMILES string of the molecule is O=C(O)c1ccc(N[C@H]2O[C@H](CO)[C@H](O)[C@@H](O)[C@H]2O)cc1. The van der Waals surface area contributed by atoms with E-state index < -0.39 is 43.2 Å². The van der Waals surface area contributed by atoms with Gasteiger partial charge in [-0.05, 0) is 24.3 Å². The van der Waals surface area contributed by atoms with E-state index in [4.69, 9.17) is 14.9 Å². The topological polar surface area (TPSA) is 139 Å². The lowest BCUT2D eigenvalue weighted by Gasteiger charge is -2.40. The minimum absolute atomic E-state index is 0.106. The molecule has 1 aromatic carbocycles. The summed E-state index contributed by atoms with van der Waals surface area (Å²) in [6.07, 6.45) is -6.33. The summed E-state index contributed by atoms with van der Waals surface area (Å²) < 4.78 is 5.27. The third-order valence-electron chi connectivity index (χ3n) is 3.33. The molecule has 2 rings (SSSR count). The van der Waals surface area contributed by atoms with Crippen molar-refractivity contribution >= 4 is 11.7 Å².